The summed E-state index contributed by atoms with van der Waals surface area (Å²) in [6.45, 7) is -0.587. The van der Waals surface area contributed by atoms with E-state index in [0.717, 1.165) is 4.57 Å². The van der Waals surface area contributed by atoms with Crippen LogP contribution in [0.2, 0.25) is 0 Å². The van der Waals surface area contributed by atoms with Crippen LogP contribution in [0, 0.1) is 5.92 Å². The lowest BCUT2D eigenvalue weighted by Crippen LogP contribution is -2.29. The van der Waals surface area contributed by atoms with E-state index in [1.165, 1.54) is 12.4 Å². The average Bonchev–Trinajstić information content (AvgIpc) is 2.65. The van der Waals surface area contributed by atoms with Crippen molar-refractivity contribution >= 4 is 5.97 Å². The largest absolute Gasteiger partial charge is 0.481 e. The van der Waals surface area contributed by atoms with Crippen LogP contribution < -0.4 is 0 Å². The fourth-order valence-corrected chi connectivity index (χ4v) is 1.50. The molecule has 0 amide bonds. The molecule has 0 saturated carbocycles. The highest BCUT2D eigenvalue weighted by Gasteiger charge is 2.17. The van der Waals surface area contributed by atoms with Crippen LogP contribution in [-0.2, 0) is 11.3 Å². The molecule has 1 N–H and O–H groups in total. The van der Waals surface area contributed by atoms with Gasteiger partial charge in [0.25, 0.3) is 0 Å². The zero-order valence-corrected chi connectivity index (χ0v) is 9.68. The summed E-state index contributed by atoms with van der Waals surface area (Å²) in [4.78, 5) is 16.1. The molecule has 0 aliphatic rings. The van der Waals surface area contributed by atoms with E-state index in [1.54, 1.807) is 18.9 Å². The molecule has 0 radical (unpaired) electrons. The van der Waals surface area contributed by atoms with Gasteiger partial charge in [0.15, 0.2) is 0 Å². The Labute approximate surface area is 97.7 Å². The topological polar surface area (TPSA) is 58.4 Å². The van der Waals surface area contributed by atoms with E-state index in [9.17, 15) is 13.6 Å². The molecule has 0 bridgehead atoms. The minimum Gasteiger partial charge on any atom is -0.481 e. The minimum absolute atomic E-state index is 0.189. The summed E-state index contributed by atoms with van der Waals surface area (Å²) in [5.41, 5.74) is 0. The van der Waals surface area contributed by atoms with Gasteiger partial charge in [0.1, 0.15) is 5.82 Å². The maximum atomic E-state index is 12.5. The van der Waals surface area contributed by atoms with Gasteiger partial charge in [-0.2, -0.15) is 8.78 Å². The molecular weight excluding hydrogens is 232 g/mol. The number of aliphatic carboxylic acids is 1. The van der Waals surface area contributed by atoms with Crippen LogP contribution in [0.3, 0.4) is 0 Å². The van der Waals surface area contributed by atoms with E-state index < -0.39 is 18.4 Å². The van der Waals surface area contributed by atoms with E-state index in [-0.39, 0.29) is 18.9 Å². The summed E-state index contributed by atoms with van der Waals surface area (Å²) >= 11 is 0. The number of carbonyl (C=O) groups is 1. The molecule has 0 saturated heterocycles. The van der Waals surface area contributed by atoms with Crippen LogP contribution in [-0.4, -0.2) is 39.1 Å². The molecule has 7 heteroatoms. The standard InChI is InChI=1S/C10H15F2N3O2/c1-7(9(16)17)5-14(2)6-8-13-3-4-15(8)10(11)12/h3-4,7,10H,5-6H2,1-2H3,(H,16,17). The van der Waals surface area contributed by atoms with E-state index in [1.807, 2.05) is 0 Å². The van der Waals surface area contributed by atoms with E-state index in [2.05, 4.69) is 4.98 Å². The Kier molecular flexibility index (Phi) is 4.56. The smallest absolute Gasteiger partial charge is 0.319 e. The van der Waals surface area contributed by atoms with Crippen molar-refractivity contribution < 1.29 is 18.7 Å². The van der Waals surface area contributed by atoms with Crippen molar-refractivity contribution in [2.75, 3.05) is 13.6 Å². The van der Waals surface area contributed by atoms with Gasteiger partial charge in [-0.15, -0.1) is 0 Å². The van der Waals surface area contributed by atoms with E-state index >= 15 is 0 Å². The molecule has 0 aliphatic carbocycles. The van der Waals surface area contributed by atoms with Gasteiger partial charge >= 0.3 is 12.5 Å². The number of carboxylic acids is 1. The third-order valence-corrected chi connectivity index (χ3v) is 2.38. The SMILES string of the molecule is CC(CN(C)Cc1nccn1C(F)F)C(=O)O. The second-order valence-electron chi connectivity index (χ2n) is 3.96. The lowest BCUT2D eigenvalue weighted by molar-refractivity contribution is -0.141. The third-order valence-electron chi connectivity index (χ3n) is 2.38. The van der Waals surface area contributed by atoms with Crippen molar-refractivity contribution in [2.45, 2.75) is 20.0 Å². The Morgan fingerprint density at radius 3 is 2.82 bits per heavy atom. The molecule has 1 atom stereocenters. The second-order valence-corrected chi connectivity index (χ2v) is 3.96. The average molecular weight is 247 g/mol. The first kappa shape index (κ1) is 13.6. The number of hydrogen-bond donors (Lipinski definition) is 1. The van der Waals surface area contributed by atoms with Crippen molar-refractivity contribution in [1.29, 1.82) is 0 Å². The molecule has 0 spiro atoms. The second kappa shape index (κ2) is 5.72. The van der Waals surface area contributed by atoms with Crippen molar-refractivity contribution in [2.24, 2.45) is 5.92 Å². The lowest BCUT2D eigenvalue weighted by atomic mass is 10.2. The van der Waals surface area contributed by atoms with Gasteiger partial charge in [-0.25, -0.2) is 4.98 Å². The van der Waals surface area contributed by atoms with Gasteiger partial charge in [0.2, 0.25) is 0 Å². The molecule has 96 valence electrons. The number of alkyl halides is 2. The quantitative estimate of drug-likeness (QED) is 0.826. The van der Waals surface area contributed by atoms with Gasteiger partial charge in [-0.3, -0.25) is 14.3 Å². The van der Waals surface area contributed by atoms with Gasteiger partial charge in [-0.1, -0.05) is 6.92 Å². The molecule has 1 heterocycles. The van der Waals surface area contributed by atoms with E-state index in [4.69, 9.17) is 5.11 Å². The van der Waals surface area contributed by atoms with Crippen LogP contribution in [0.5, 0.6) is 0 Å². The maximum absolute atomic E-state index is 12.5. The van der Waals surface area contributed by atoms with Crippen molar-refractivity contribution in [3.05, 3.63) is 18.2 Å². The molecule has 1 unspecified atom stereocenters. The van der Waals surface area contributed by atoms with Gasteiger partial charge in [0.05, 0.1) is 12.5 Å². The van der Waals surface area contributed by atoms with Crippen molar-refractivity contribution in [3.8, 4) is 0 Å². The van der Waals surface area contributed by atoms with Crippen molar-refractivity contribution in [1.82, 2.24) is 14.5 Å². The summed E-state index contributed by atoms with van der Waals surface area (Å²) in [7, 11) is 1.67. The number of carboxylic acid groups (broad SMARTS) is 1. The van der Waals surface area contributed by atoms with Crippen molar-refractivity contribution in [3.63, 3.8) is 0 Å². The van der Waals surface area contributed by atoms with E-state index in [0.29, 0.717) is 0 Å². The van der Waals surface area contributed by atoms with Crippen LogP contribution in [0.15, 0.2) is 12.4 Å². The van der Waals surface area contributed by atoms with Crippen LogP contribution in [0.25, 0.3) is 0 Å². The summed E-state index contributed by atoms with van der Waals surface area (Å²) in [5.74, 6) is -1.23. The summed E-state index contributed by atoms with van der Waals surface area (Å²) < 4.78 is 25.8. The zero-order valence-electron chi connectivity index (χ0n) is 9.68. The highest BCUT2D eigenvalue weighted by molar-refractivity contribution is 5.69. The summed E-state index contributed by atoms with van der Waals surface area (Å²) in [6.07, 6.45) is 2.50. The normalized spacial score (nSPS) is 13.3. The number of hydrogen-bond acceptors (Lipinski definition) is 3. The molecule has 1 aromatic rings. The Morgan fingerprint density at radius 1 is 1.65 bits per heavy atom. The van der Waals surface area contributed by atoms with Gasteiger partial charge in [0, 0.05) is 18.9 Å². The monoisotopic (exact) mass is 247 g/mol. The Balaban J connectivity index is 2.59. The van der Waals surface area contributed by atoms with Gasteiger partial charge < -0.3 is 5.11 Å². The van der Waals surface area contributed by atoms with Gasteiger partial charge in [-0.05, 0) is 7.05 Å². The summed E-state index contributed by atoms with van der Waals surface area (Å²) in [6, 6.07) is 0. The first-order valence-electron chi connectivity index (χ1n) is 5.13. The molecular formula is C10H15F2N3O2. The predicted octanol–water partition coefficient (Wildman–Crippen LogP) is 1.43. The molecule has 0 fully saturated rings. The molecule has 0 aliphatic heterocycles. The molecule has 1 rings (SSSR count). The highest BCUT2D eigenvalue weighted by Crippen LogP contribution is 2.13. The van der Waals surface area contributed by atoms with Crippen LogP contribution in [0.1, 0.15) is 19.3 Å². The maximum Gasteiger partial charge on any atom is 0.319 e. The lowest BCUT2D eigenvalue weighted by Gasteiger charge is -2.19. The minimum atomic E-state index is -2.63. The Hall–Kier alpha value is -1.50. The number of nitrogens with zero attached hydrogens (tertiary/aromatic N) is 3. The fourth-order valence-electron chi connectivity index (χ4n) is 1.50. The predicted molar refractivity (Wildman–Crippen MR) is 56.6 cm³/mol. The first-order chi connectivity index (χ1) is 7.91. The third kappa shape index (κ3) is 3.77. The Morgan fingerprint density at radius 2 is 2.29 bits per heavy atom. The fraction of sp³-hybridized carbons (Fsp3) is 0.600. The number of halogens is 2. The number of rotatable bonds is 6. The number of aromatic nitrogens is 2. The molecule has 1 aromatic heterocycles. The zero-order chi connectivity index (χ0) is 13.0. The number of imidazole rings is 1. The highest BCUT2D eigenvalue weighted by atomic mass is 19.3. The molecule has 5 nitrogen and oxygen atoms in total. The van der Waals surface area contributed by atoms with Crippen LogP contribution in [0.4, 0.5) is 8.78 Å². The molecule has 0 aromatic carbocycles. The Bertz CT molecular complexity index is 381. The molecule has 17 heavy (non-hydrogen) atoms. The first-order valence-corrected chi connectivity index (χ1v) is 5.13. The van der Waals surface area contributed by atoms with Crippen LogP contribution >= 0.6 is 0 Å². The summed E-state index contributed by atoms with van der Waals surface area (Å²) in [5, 5.41) is 8.73.